The van der Waals surface area contributed by atoms with E-state index in [9.17, 15) is 9.59 Å². The quantitative estimate of drug-likeness (QED) is 0.559. The molecule has 0 atom stereocenters. The Kier molecular flexibility index (Phi) is 4.27. The van der Waals surface area contributed by atoms with E-state index >= 15 is 0 Å². The van der Waals surface area contributed by atoms with Gasteiger partial charge in [-0.2, -0.15) is 0 Å². The molecule has 0 aliphatic rings. The van der Waals surface area contributed by atoms with Gasteiger partial charge >= 0.3 is 5.76 Å². The molecule has 132 valence electrons. The van der Waals surface area contributed by atoms with E-state index in [2.05, 4.69) is 15.3 Å². The number of carbonyl (C=O) groups excluding carboxylic acids is 1. The van der Waals surface area contributed by atoms with Gasteiger partial charge in [-0.15, -0.1) is 0 Å². The number of nitrogens with one attached hydrogen (secondary N) is 2. The van der Waals surface area contributed by atoms with Crippen LogP contribution in [0.5, 0.6) is 0 Å². The fourth-order valence-corrected chi connectivity index (χ4v) is 2.98. The Bertz CT molecular complexity index is 1090. The lowest BCUT2D eigenvalue weighted by atomic mass is 10.2. The standard InChI is InChI=1S/C19H18N4O3/c24-18(20-12-17-21-13-6-1-2-7-14(13)22-17)10-5-11-23-15-8-3-4-9-16(15)26-19(23)25/h1-4,6-9H,5,10-12H2,(H,20,24)(H,21,22). The zero-order valence-electron chi connectivity index (χ0n) is 14.1. The third kappa shape index (κ3) is 3.23. The summed E-state index contributed by atoms with van der Waals surface area (Å²) >= 11 is 0. The first-order chi connectivity index (χ1) is 12.7. The molecule has 0 spiro atoms. The summed E-state index contributed by atoms with van der Waals surface area (Å²) in [4.78, 5) is 31.5. The number of carbonyl (C=O) groups is 1. The molecule has 1 amide bonds. The summed E-state index contributed by atoms with van der Waals surface area (Å²) in [6.45, 7) is 0.788. The lowest BCUT2D eigenvalue weighted by Crippen LogP contribution is -2.24. The van der Waals surface area contributed by atoms with Crippen molar-refractivity contribution in [1.82, 2.24) is 19.9 Å². The minimum atomic E-state index is -0.395. The van der Waals surface area contributed by atoms with Gasteiger partial charge in [-0.1, -0.05) is 24.3 Å². The SMILES string of the molecule is O=C(CCCn1c(=O)oc2ccccc21)NCc1nc2ccccc2[nH]1. The van der Waals surface area contributed by atoms with E-state index in [1.165, 1.54) is 0 Å². The van der Waals surface area contributed by atoms with Crippen LogP contribution in [0.1, 0.15) is 18.7 Å². The smallest absolute Gasteiger partial charge is 0.408 e. The highest BCUT2D eigenvalue weighted by Gasteiger charge is 2.09. The number of amides is 1. The Morgan fingerprint density at radius 2 is 1.96 bits per heavy atom. The second-order valence-corrected chi connectivity index (χ2v) is 6.07. The predicted molar refractivity (Wildman–Crippen MR) is 97.6 cm³/mol. The van der Waals surface area contributed by atoms with E-state index in [-0.39, 0.29) is 5.91 Å². The highest BCUT2D eigenvalue weighted by atomic mass is 16.4. The van der Waals surface area contributed by atoms with Crippen LogP contribution in [0.25, 0.3) is 22.1 Å². The van der Waals surface area contributed by atoms with Crippen LogP contribution >= 0.6 is 0 Å². The Morgan fingerprint density at radius 3 is 2.85 bits per heavy atom. The van der Waals surface area contributed by atoms with Gasteiger partial charge in [-0.3, -0.25) is 9.36 Å². The Labute approximate surface area is 148 Å². The maximum atomic E-state index is 12.0. The van der Waals surface area contributed by atoms with Gasteiger partial charge in [-0.25, -0.2) is 9.78 Å². The first kappa shape index (κ1) is 16.1. The summed E-state index contributed by atoms with van der Waals surface area (Å²) in [7, 11) is 0. The van der Waals surface area contributed by atoms with Crippen molar-refractivity contribution >= 4 is 28.0 Å². The third-order valence-corrected chi connectivity index (χ3v) is 4.25. The van der Waals surface area contributed by atoms with Crippen molar-refractivity contribution < 1.29 is 9.21 Å². The molecular weight excluding hydrogens is 332 g/mol. The lowest BCUT2D eigenvalue weighted by molar-refractivity contribution is -0.121. The number of fused-ring (bicyclic) bond motifs is 2. The van der Waals surface area contributed by atoms with Gasteiger partial charge in [0.2, 0.25) is 5.91 Å². The van der Waals surface area contributed by atoms with Crippen LogP contribution in [0.3, 0.4) is 0 Å². The summed E-state index contributed by atoms with van der Waals surface area (Å²) in [6.07, 6.45) is 0.877. The van der Waals surface area contributed by atoms with E-state index in [4.69, 9.17) is 4.42 Å². The molecule has 0 aliphatic heterocycles. The summed E-state index contributed by atoms with van der Waals surface area (Å²) in [5.74, 6) is 0.247. The molecule has 0 saturated carbocycles. The number of rotatable bonds is 6. The number of H-pyrrole nitrogens is 1. The van der Waals surface area contributed by atoms with Crippen molar-refractivity contribution in [3.05, 3.63) is 64.9 Å². The Morgan fingerprint density at radius 1 is 1.15 bits per heavy atom. The van der Waals surface area contributed by atoms with E-state index in [0.717, 1.165) is 22.4 Å². The summed E-state index contributed by atoms with van der Waals surface area (Å²) in [5, 5.41) is 2.85. The number of hydrogen-bond donors (Lipinski definition) is 2. The minimum Gasteiger partial charge on any atom is -0.408 e. The zero-order valence-corrected chi connectivity index (χ0v) is 14.1. The van der Waals surface area contributed by atoms with Crippen molar-refractivity contribution in [2.75, 3.05) is 0 Å². The fraction of sp³-hybridized carbons (Fsp3) is 0.211. The number of nitrogens with zero attached hydrogens (tertiary/aromatic N) is 2. The second kappa shape index (κ2) is 6.87. The molecule has 0 radical (unpaired) electrons. The molecule has 0 fully saturated rings. The maximum absolute atomic E-state index is 12.0. The molecule has 0 saturated heterocycles. The molecular formula is C19H18N4O3. The van der Waals surface area contributed by atoms with Crippen molar-refractivity contribution in [2.45, 2.75) is 25.9 Å². The third-order valence-electron chi connectivity index (χ3n) is 4.25. The van der Waals surface area contributed by atoms with Gasteiger partial charge in [0.15, 0.2) is 5.58 Å². The normalized spacial score (nSPS) is 11.2. The van der Waals surface area contributed by atoms with Gasteiger partial charge in [0.05, 0.1) is 23.1 Å². The van der Waals surface area contributed by atoms with Crippen LogP contribution in [-0.2, 0) is 17.9 Å². The highest BCUT2D eigenvalue weighted by molar-refractivity contribution is 5.77. The first-order valence-electron chi connectivity index (χ1n) is 8.49. The number of imidazole rings is 1. The minimum absolute atomic E-state index is 0.0775. The zero-order chi connectivity index (χ0) is 17.9. The van der Waals surface area contributed by atoms with Crippen LogP contribution < -0.4 is 11.1 Å². The number of hydrogen-bond acceptors (Lipinski definition) is 4. The van der Waals surface area contributed by atoms with Crippen LogP contribution in [0.15, 0.2) is 57.7 Å². The Hall–Kier alpha value is -3.35. The van der Waals surface area contributed by atoms with Gasteiger partial charge in [0.1, 0.15) is 5.82 Å². The number of oxazole rings is 1. The van der Waals surface area contributed by atoms with Crippen molar-refractivity contribution in [1.29, 1.82) is 0 Å². The van der Waals surface area contributed by atoms with Crippen LogP contribution in [0, 0.1) is 0 Å². The van der Waals surface area contributed by atoms with Gasteiger partial charge in [0.25, 0.3) is 0 Å². The molecule has 0 unspecified atom stereocenters. The highest BCUT2D eigenvalue weighted by Crippen LogP contribution is 2.13. The van der Waals surface area contributed by atoms with E-state index in [1.54, 1.807) is 10.6 Å². The molecule has 2 heterocycles. The molecule has 7 nitrogen and oxygen atoms in total. The first-order valence-corrected chi connectivity index (χ1v) is 8.49. The molecule has 2 aromatic heterocycles. The summed E-state index contributed by atoms with van der Waals surface area (Å²) < 4.78 is 6.74. The molecule has 0 bridgehead atoms. The molecule has 0 aliphatic carbocycles. The largest absolute Gasteiger partial charge is 0.419 e. The monoisotopic (exact) mass is 350 g/mol. The van der Waals surface area contributed by atoms with Gasteiger partial charge in [0, 0.05) is 13.0 Å². The van der Waals surface area contributed by atoms with E-state index in [0.29, 0.717) is 31.5 Å². The number of para-hydroxylation sites is 4. The maximum Gasteiger partial charge on any atom is 0.419 e. The average molecular weight is 350 g/mol. The van der Waals surface area contributed by atoms with E-state index in [1.807, 2.05) is 42.5 Å². The predicted octanol–water partition coefficient (Wildman–Crippen LogP) is 2.57. The lowest BCUT2D eigenvalue weighted by Gasteiger charge is -2.04. The fourth-order valence-electron chi connectivity index (χ4n) is 2.98. The van der Waals surface area contributed by atoms with Gasteiger partial charge in [-0.05, 0) is 30.7 Å². The van der Waals surface area contributed by atoms with Gasteiger partial charge < -0.3 is 14.7 Å². The Balaban J connectivity index is 1.31. The molecule has 2 aromatic carbocycles. The molecule has 7 heteroatoms. The summed E-state index contributed by atoms with van der Waals surface area (Å²) in [5.41, 5.74) is 3.14. The number of aryl methyl sites for hydroxylation is 1. The molecule has 4 rings (SSSR count). The molecule has 26 heavy (non-hydrogen) atoms. The topological polar surface area (TPSA) is 92.9 Å². The average Bonchev–Trinajstić information content (AvgIpc) is 3.20. The van der Waals surface area contributed by atoms with Crippen molar-refractivity contribution in [3.8, 4) is 0 Å². The van der Waals surface area contributed by atoms with E-state index < -0.39 is 5.76 Å². The summed E-state index contributed by atoms with van der Waals surface area (Å²) in [6, 6.07) is 15.0. The number of benzene rings is 2. The second-order valence-electron chi connectivity index (χ2n) is 6.07. The molecule has 2 N–H and O–H groups in total. The number of aromatic amines is 1. The van der Waals surface area contributed by atoms with Crippen LogP contribution in [0.2, 0.25) is 0 Å². The van der Waals surface area contributed by atoms with Crippen LogP contribution in [-0.4, -0.2) is 20.4 Å². The van der Waals surface area contributed by atoms with Crippen molar-refractivity contribution in [2.24, 2.45) is 0 Å². The molecule has 4 aromatic rings. The van der Waals surface area contributed by atoms with Crippen molar-refractivity contribution in [3.63, 3.8) is 0 Å². The number of aromatic nitrogens is 3. The van der Waals surface area contributed by atoms with Crippen LogP contribution in [0.4, 0.5) is 0 Å².